The van der Waals surface area contributed by atoms with Gasteiger partial charge in [-0.3, -0.25) is 9.36 Å². The van der Waals surface area contributed by atoms with Gasteiger partial charge < -0.3 is 9.47 Å². The van der Waals surface area contributed by atoms with E-state index < -0.39 is 12.0 Å². The zero-order chi connectivity index (χ0) is 25.4. The van der Waals surface area contributed by atoms with Gasteiger partial charge in [-0.2, -0.15) is 0 Å². The summed E-state index contributed by atoms with van der Waals surface area (Å²) in [5.41, 5.74) is 4.11. The third kappa shape index (κ3) is 4.24. The molecule has 182 valence electrons. The van der Waals surface area contributed by atoms with Gasteiger partial charge in [0.05, 0.1) is 46.8 Å². The van der Waals surface area contributed by atoms with Crippen molar-refractivity contribution < 1.29 is 14.3 Å². The number of pyridine rings is 1. The topological polar surface area (TPSA) is 82.8 Å². The lowest BCUT2D eigenvalue weighted by atomic mass is 9.96. The number of allylic oxidation sites excluding steroid dienone is 1. The van der Waals surface area contributed by atoms with Crippen molar-refractivity contribution in [1.82, 2.24) is 9.55 Å². The molecule has 0 amide bonds. The lowest BCUT2D eigenvalue weighted by Crippen LogP contribution is -2.39. The van der Waals surface area contributed by atoms with Crippen LogP contribution in [-0.2, 0) is 9.53 Å². The number of aryl methyl sites for hydroxylation is 1. The molecule has 0 N–H and O–H groups in total. The van der Waals surface area contributed by atoms with Crippen LogP contribution in [0, 0.1) is 6.92 Å². The lowest BCUT2D eigenvalue weighted by Gasteiger charge is -2.24. The highest BCUT2D eigenvalue weighted by atomic mass is 32.1. The SMILES string of the molecule is CCOC(=O)C1=C(C)N=c2s/c(=C\c3ccc4cc(C)ccc4n3)c(=O)n2C1c1ccc(OC)cc1. The molecule has 0 spiro atoms. The zero-order valence-corrected chi connectivity index (χ0v) is 21.3. The molecule has 0 bridgehead atoms. The molecule has 2 aromatic carbocycles. The monoisotopic (exact) mass is 499 g/mol. The minimum atomic E-state index is -0.666. The quantitative estimate of drug-likeness (QED) is 0.392. The van der Waals surface area contributed by atoms with E-state index >= 15 is 0 Å². The van der Waals surface area contributed by atoms with E-state index in [2.05, 4.69) is 11.1 Å². The summed E-state index contributed by atoms with van der Waals surface area (Å²) in [5, 5.41) is 1.04. The maximum absolute atomic E-state index is 13.7. The van der Waals surface area contributed by atoms with E-state index in [0.717, 1.165) is 22.0 Å². The second-order valence-electron chi connectivity index (χ2n) is 8.51. The number of rotatable bonds is 5. The first-order valence-electron chi connectivity index (χ1n) is 11.6. The van der Waals surface area contributed by atoms with Gasteiger partial charge in [-0.15, -0.1) is 0 Å². The fourth-order valence-corrected chi connectivity index (χ4v) is 5.40. The summed E-state index contributed by atoms with van der Waals surface area (Å²) in [6.45, 7) is 5.79. The van der Waals surface area contributed by atoms with Gasteiger partial charge in [-0.05, 0) is 62.7 Å². The van der Waals surface area contributed by atoms with Crippen molar-refractivity contribution >= 4 is 34.3 Å². The van der Waals surface area contributed by atoms with Gasteiger partial charge in [-0.1, -0.05) is 41.2 Å². The van der Waals surface area contributed by atoms with Crippen LogP contribution in [0.4, 0.5) is 0 Å². The molecule has 0 aliphatic carbocycles. The summed E-state index contributed by atoms with van der Waals surface area (Å²) in [6.07, 6.45) is 1.78. The molecule has 36 heavy (non-hydrogen) atoms. The zero-order valence-electron chi connectivity index (χ0n) is 20.4. The first-order valence-corrected chi connectivity index (χ1v) is 12.4. The van der Waals surface area contributed by atoms with Crippen LogP contribution in [0.3, 0.4) is 0 Å². The summed E-state index contributed by atoms with van der Waals surface area (Å²) in [5.74, 6) is 0.197. The third-order valence-electron chi connectivity index (χ3n) is 6.09. The Kier molecular flexibility index (Phi) is 6.28. The van der Waals surface area contributed by atoms with E-state index in [0.29, 0.717) is 32.0 Å². The number of carbonyl (C=O) groups is 1. The Labute approximate surface area is 211 Å². The maximum Gasteiger partial charge on any atom is 0.338 e. The Bertz CT molecular complexity index is 1700. The Morgan fingerprint density at radius 1 is 1.11 bits per heavy atom. The van der Waals surface area contributed by atoms with Crippen molar-refractivity contribution in [3.63, 3.8) is 0 Å². The molecule has 0 radical (unpaired) electrons. The summed E-state index contributed by atoms with van der Waals surface area (Å²) in [4.78, 5) is 36.6. The van der Waals surface area contributed by atoms with E-state index in [1.165, 1.54) is 11.3 Å². The molecular formula is C28H25N3O4S. The molecule has 1 atom stereocenters. The third-order valence-corrected chi connectivity index (χ3v) is 7.08. The molecule has 1 aliphatic heterocycles. The standard InChI is InChI=1S/C28H25N3O4S/c1-5-35-27(33)24-17(3)29-28-31(25(24)18-8-11-21(34-4)12-9-18)26(32)23(36-28)15-20-10-7-19-14-16(2)6-13-22(19)30-20/h6-15,25H,5H2,1-4H3/b23-15-. The fraction of sp³-hybridized carbons (Fsp3) is 0.214. The van der Waals surface area contributed by atoms with Crippen molar-refractivity contribution in [3.8, 4) is 5.75 Å². The van der Waals surface area contributed by atoms with Crippen LogP contribution in [0.15, 0.2) is 75.7 Å². The number of hydrogen-bond acceptors (Lipinski definition) is 7. The van der Waals surface area contributed by atoms with Gasteiger partial charge in [0, 0.05) is 5.39 Å². The number of carbonyl (C=O) groups excluding carboxylic acids is 1. The molecular weight excluding hydrogens is 474 g/mol. The summed E-state index contributed by atoms with van der Waals surface area (Å²) >= 11 is 1.28. The van der Waals surface area contributed by atoms with E-state index in [4.69, 9.17) is 14.5 Å². The molecule has 8 heteroatoms. The van der Waals surface area contributed by atoms with Gasteiger partial charge in [0.2, 0.25) is 0 Å². The summed E-state index contributed by atoms with van der Waals surface area (Å²) < 4.78 is 12.7. The van der Waals surface area contributed by atoms with Crippen LogP contribution >= 0.6 is 11.3 Å². The number of nitrogens with zero attached hydrogens (tertiary/aromatic N) is 3. The van der Waals surface area contributed by atoms with E-state index in [-0.39, 0.29) is 12.2 Å². The van der Waals surface area contributed by atoms with Crippen molar-refractivity contribution in [2.75, 3.05) is 13.7 Å². The van der Waals surface area contributed by atoms with Crippen molar-refractivity contribution in [2.45, 2.75) is 26.8 Å². The van der Waals surface area contributed by atoms with Crippen molar-refractivity contribution in [1.29, 1.82) is 0 Å². The van der Waals surface area contributed by atoms with E-state index in [1.807, 2.05) is 55.5 Å². The lowest BCUT2D eigenvalue weighted by molar-refractivity contribution is -0.139. The highest BCUT2D eigenvalue weighted by molar-refractivity contribution is 7.07. The average Bonchev–Trinajstić information content (AvgIpc) is 3.17. The predicted molar refractivity (Wildman–Crippen MR) is 140 cm³/mol. The van der Waals surface area contributed by atoms with Crippen LogP contribution in [-0.4, -0.2) is 29.2 Å². The normalized spacial score (nSPS) is 15.6. The molecule has 4 aromatic rings. The predicted octanol–water partition coefficient (Wildman–Crippen LogP) is 3.66. The van der Waals surface area contributed by atoms with Crippen LogP contribution in [0.2, 0.25) is 0 Å². The molecule has 0 saturated carbocycles. The van der Waals surface area contributed by atoms with Gasteiger partial charge in [-0.25, -0.2) is 14.8 Å². The highest BCUT2D eigenvalue weighted by Gasteiger charge is 2.33. The van der Waals surface area contributed by atoms with Gasteiger partial charge in [0.25, 0.3) is 5.56 Å². The molecule has 7 nitrogen and oxygen atoms in total. The van der Waals surface area contributed by atoms with E-state index in [1.54, 1.807) is 31.6 Å². The minimum absolute atomic E-state index is 0.225. The van der Waals surface area contributed by atoms with E-state index in [9.17, 15) is 9.59 Å². The van der Waals surface area contributed by atoms with Crippen LogP contribution in [0.5, 0.6) is 5.75 Å². The van der Waals surface area contributed by atoms with Crippen LogP contribution < -0.4 is 19.6 Å². The Morgan fingerprint density at radius 2 is 1.89 bits per heavy atom. The summed E-state index contributed by atoms with van der Waals surface area (Å²) in [7, 11) is 1.59. The second-order valence-corrected chi connectivity index (χ2v) is 9.52. The molecule has 5 rings (SSSR count). The fourth-order valence-electron chi connectivity index (χ4n) is 4.37. The van der Waals surface area contributed by atoms with Crippen LogP contribution in [0.25, 0.3) is 17.0 Å². The molecule has 0 fully saturated rings. The molecule has 3 heterocycles. The number of thiazole rings is 1. The minimum Gasteiger partial charge on any atom is -0.497 e. The van der Waals surface area contributed by atoms with Gasteiger partial charge in [0.1, 0.15) is 5.75 Å². The molecule has 1 aliphatic rings. The number of aromatic nitrogens is 2. The number of methoxy groups -OCH3 is 1. The number of ether oxygens (including phenoxy) is 2. The highest BCUT2D eigenvalue weighted by Crippen LogP contribution is 2.31. The largest absolute Gasteiger partial charge is 0.497 e. The number of benzene rings is 2. The number of fused-ring (bicyclic) bond motifs is 2. The Hall–Kier alpha value is -4.04. The van der Waals surface area contributed by atoms with Gasteiger partial charge >= 0.3 is 5.97 Å². The maximum atomic E-state index is 13.7. The van der Waals surface area contributed by atoms with Crippen LogP contribution in [0.1, 0.15) is 36.7 Å². The summed E-state index contributed by atoms with van der Waals surface area (Å²) in [6, 6.07) is 16.6. The smallest absolute Gasteiger partial charge is 0.338 e. The number of hydrogen-bond donors (Lipinski definition) is 0. The molecule has 1 unspecified atom stereocenters. The first-order chi connectivity index (χ1) is 17.4. The van der Waals surface area contributed by atoms with Gasteiger partial charge in [0.15, 0.2) is 4.80 Å². The molecule has 2 aromatic heterocycles. The Balaban J connectivity index is 1.68. The second kappa shape index (κ2) is 9.54. The van der Waals surface area contributed by atoms with Crippen molar-refractivity contribution in [3.05, 3.63) is 102 Å². The van der Waals surface area contributed by atoms with Crippen molar-refractivity contribution in [2.24, 2.45) is 4.99 Å². The number of esters is 1. The molecule has 0 saturated heterocycles. The first kappa shape index (κ1) is 23.7. The Morgan fingerprint density at radius 3 is 2.61 bits per heavy atom. The average molecular weight is 500 g/mol.